The molecular weight excluding hydrogens is 235 g/mol. The molecule has 0 saturated carbocycles. The first-order chi connectivity index (χ1) is 8.72. The molecule has 5 nitrogen and oxygen atoms in total. The summed E-state index contributed by atoms with van der Waals surface area (Å²) in [4.78, 5) is 4.23. The van der Waals surface area contributed by atoms with E-state index in [1.165, 1.54) is 16.8 Å². The normalized spacial score (nSPS) is 12.8. The highest BCUT2D eigenvalue weighted by Crippen LogP contribution is 2.10. The van der Waals surface area contributed by atoms with Crippen molar-refractivity contribution in [2.75, 3.05) is 18.5 Å². The molecule has 0 aliphatic heterocycles. The van der Waals surface area contributed by atoms with Gasteiger partial charge in [-0.15, -0.1) is 5.10 Å². The van der Waals surface area contributed by atoms with Crippen molar-refractivity contribution >= 4 is 11.6 Å². The van der Waals surface area contributed by atoms with E-state index in [2.05, 4.69) is 22.3 Å². The average Bonchev–Trinajstić information content (AvgIpc) is 2.76. The van der Waals surface area contributed by atoms with Crippen molar-refractivity contribution in [1.29, 1.82) is 0 Å². The van der Waals surface area contributed by atoms with Crippen LogP contribution < -0.4 is 5.32 Å². The maximum absolute atomic E-state index is 13.0. The van der Waals surface area contributed by atoms with Crippen molar-refractivity contribution in [3.05, 3.63) is 24.1 Å². The summed E-state index contributed by atoms with van der Waals surface area (Å²) in [5.41, 5.74) is 0.606. The van der Waals surface area contributed by atoms with Crippen molar-refractivity contribution in [1.82, 2.24) is 14.6 Å². The second-order valence-electron chi connectivity index (χ2n) is 4.25. The number of hydrogen-bond acceptors (Lipinski definition) is 4. The second-order valence-corrected chi connectivity index (χ2v) is 4.25. The molecule has 2 heterocycles. The Hall–Kier alpha value is -1.69. The van der Waals surface area contributed by atoms with Gasteiger partial charge in [0, 0.05) is 13.2 Å². The van der Waals surface area contributed by atoms with Crippen LogP contribution in [0.2, 0.25) is 0 Å². The SMILES string of the molecule is CCC(CCO)CNc1nc2ccc(F)cn2n1. The molecule has 0 bridgehead atoms. The first-order valence-corrected chi connectivity index (χ1v) is 6.09. The van der Waals surface area contributed by atoms with Crippen molar-refractivity contribution < 1.29 is 9.50 Å². The highest BCUT2D eigenvalue weighted by Gasteiger charge is 2.08. The van der Waals surface area contributed by atoms with Crippen molar-refractivity contribution in [2.45, 2.75) is 19.8 Å². The lowest BCUT2D eigenvalue weighted by Crippen LogP contribution is -2.15. The molecule has 6 heteroatoms. The molecule has 18 heavy (non-hydrogen) atoms. The third-order valence-electron chi connectivity index (χ3n) is 2.96. The molecule has 0 spiro atoms. The fourth-order valence-electron chi connectivity index (χ4n) is 1.80. The van der Waals surface area contributed by atoms with E-state index >= 15 is 0 Å². The zero-order valence-corrected chi connectivity index (χ0v) is 10.3. The average molecular weight is 252 g/mol. The number of aromatic nitrogens is 3. The van der Waals surface area contributed by atoms with E-state index in [1.807, 2.05) is 0 Å². The molecule has 0 aromatic carbocycles. The Labute approximate surface area is 105 Å². The molecular formula is C12H17FN4O. The summed E-state index contributed by atoms with van der Waals surface area (Å²) in [6.45, 7) is 2.97. The summed E-state index contributed by atoms with van der Waals surface area (Å²) in [5, 5.41) is 16.1. The van der Waals surface area contributed by atoms with E-state index in [1.54, 1.807) is 6.07 Å². The molecule has 2 aromatic rings. The molecule has 1 atom stereocenters. The number of rotatable bonds is 6. The Morgan fingerprint density at radius 1 is 1.50 bits per heavy atom. The highest BCUT2D eigenvalue weighted by molar-refractivity contribution is 5.42. The van der Waals surface area contributed by atoms with E-state index in [0.717, 1.165) is 12.8 Å². The summed E-state index contributed by atoms with van der Waals surface area (Å²) < 4.78 is 14.4. The molecule has 0 aliphatic rings. The monoisotopic (exact) mass is 252 g/mol. The largest absolute Gasteiger partial charge is 0.396 e. The first-order valence-electron chi connectivity index (χ1n) is 6.09. The summed E-state index contributed by atoms with van der Waals surface area (Å²) in [6, 6.07) is 2.94. The van der Waals surface area contributed by atoms with Crippen LogP contribution >= 0.6 is 0 Å². The number of halogens is 1. The topological polar surface area (TPSA) is 62.5 Å². The third-order valence-corrected chi connectivity index (χ3v) is 2.96. The molecule has 0 fully saturated rings. The Kier molecular flexibility index (Phi) is 4.09. The van der Waals surface area contributed by atoms with Gasteiger partial charge in [-0.25, -0.2) is 8.91 Å². The number of aliphatic hydroxyl groups is 1. The van der Waals surface area contributed by atoms with Gasteiger partial charge in [0.1, 0.15) is 5.82 Å². The highest BCUT2D eigenvalue weighted by atomic mass is 19.1. The maximum atomic E-state index is 13.0. The van der Waals surface area contributed by atoms with Crippen LogP contribution in [0.3, 0.4) is 0 Å². The van der Waals surface area contributed by atoms with Crippen LogP contribution in [0.5, 0.6) is 0 Å². The fraction of sp³-hybridized carbons (Fsp3) is 0.500. The summed E-state index contributed by atoms with van der Waals surface area (Å²) in [6.07, 6.45) is 3.03. The lowest BCUT2D eigenvalue weighted by molar-refractivity contribution is 0.258. The summed E-state index contributed by atoms with van der Waals surface area (Å²) >= 11 is 0. The van der Waals surface area contributed by atoms with E-state index in [-0.39, 0.29) is 12.4 Å². The second kappa shape index (κ2) is 5.77. The number of hydrogen-bond donors (Lipinski definition) is 2. The van der Waals surface area contributed by atoms with E-state index in [4.69, 9.17) is 5.11 Å². The zero-order valence-electron chi connectivity index (χ0n) is 10.3. The number of anilines is 1. The van der Waals surface area contributed by atoms with Gasteiger partial charge >= 0.3 is 0 Å². The van der Waals surface area contributed by atoms with E-state index in [9.17, 15) is 4.39 Å². The Bertz CT molecular complexity index is 514. The third kappa shape index (κ3) is 2.95. The lowest BCUT2D eigenvalue weighted by Gasteiger charge is -2.12. The van der Waals surface area contributed by atoms with Gasteiger partial charge in [0.15, 0.2) is 5.65 Å². The minimum atomic E-state index is -0.342. The zero-order chi connectivity index (χ0) is 13.0. The smallest absolute Gasteiger partial charge is 0.243 e. The summed E-state index contributed by atoms with van der Waals surface area (Å²) in [5.74, 6) is 0.529. The number of nitrogens with zero attached hydrogens (tertiary/aromatic N) is 3. The van der Waals surface area contributed by atoms with Crippen LogP contribution in [0, 0.1) is 11.7 Å². The predicted molar refractivity (Wildman–Crippen MR) is 66.9 cm³/mol. The van der Waals surface area contributed by atoms with Gasteiger partial charge in [-0.1, -0.05) is 13.3 Å². The molecule has 1 unspecified atom stereocenters. The van der Waals surface area contributed by atoms with Gasteiger partial charge in [0.25, 0.3) is 0 Å². The van der Waals surface area contributed by atoms with Crippen molar-refractivity contribution in [2.24, 2.45) is 5.92 Å². The summed E-state index contributed by atoms with van der Waals surface area (Å²) in [7, 11) is 0. The van der Waals surface area contributed by atoms with Crippen LogP contribution in [0.25, 0.3) is 5.65 Å². The minimum Gasteiger partial charge on any atom is -0.396 e. The first kappa shape index (κ1) is 12.8. The maximum Gasteiger partial charge on any atom is 0.243 e. The number of nitrogens with one attached hydrogen (secondary N) is 1. The Morgan fingerprint density at radius 2 is 2.33 bits per heavy atom. The fourth-order valence-corrected chi connectivity index (χ4v) is 1.80. The van der Waals surface area contributed by atoms with Crippen molar-refractivity contribution in [3.63, 3.8) is 0 Å². The van der Waals surface area contributed by atoms with E-state index < -0.39 is 0 Å². The predicted octanol–water partition coefficient (Wildman–Crippen LogP) is 1.69. The van der Waals surface area contributed by atoms with Crippen molar-refractivity contribution in [3.8, 4) is 0 Å². The van der Waals surface area contributed by atoms with Crippen LogP contribution in [0.4, 0.5) is 10.3 Å². The van der Waals surface area contributed by atoms with Crippen LogP contribution in [-0.4, -0.2) is 32.9 Å². The Balaban J connectivity index is 2.03. The van der Waals surface area contributed by atoms with Gasteiger partial charge in [-0.2, -0.15) is 4.98 Å². The van der Waals surface area contributed by atoms with Crippen LogP contribution in [-0.2, 0) is 0 Å². The molecule has 2 rings (SSSR count). The van der Waals surface area contributed by atoms with Crippen LogP contribution in [0.15, 0.2) is 18.3 Å². The quantitative estimate of drug-likeness (QED) is 0.821. The van der Waals surface area contributed by atoms with Gasteiger partial charge in [0.2, 0.25) is 5.95 Å². The Morgan fingerprint density at radius 3 is 3.06 bits per heavy atom. The molecule has 0 amide bonds. The number of aliphatic hydroxyl groups excluding tert-OH is 1. The van der Waals surface area contributed by atoms with Gasteiger partial charge in [-0.05, 0) is 24.5 Å². The number of fused-ring (bicyclic) bond motifs is 1. The van der Waals surface area contributed by atoms with E-state index in [0.29, 0.717) is 24.1 Å². The molecule has 0 saturated heterocycles. The molecule has 0 radical (unpaired) electrons. The molecule has 2 N–H and O–H groups in total. The number of pyridine rings is 1. The van der Waals surface area contributed by atoms with Gasteiger partial charge < -0.3 is 10.4 Å². The van der Waals surface area contributed by atoms with Gasteiger partial charge in [-0.3, -0.25) is 0 Å². The van der Waals surface area contributed by atoms with Gasteiger partial charge in [0.05, 0.1) is 6.20 Å². The minimum absolute atomic E-state index is 0.185. The van der Waals surface area contributed by atoms with Crippen LogP contribution in [0.1, 0.15) is 19.8 Å². The standard InChI is InChI=1S/C12H17FN4O/c1-2-9(5-6-18)7-14-12-15-11-4-3-10(13)8-17(11)16-12/h3-4,8-9,18H,2,5-7H2,1H3,(H,14,16). The molecule has 0 aliphatic carbocycles. The lowest BCUT2D eigenvalue weighted by atomic mass is 10.0. The molecule has 2 aromatic heterocycles. The molecule has 98 valence electrons.